The molecule has 1 aromatic rings. The first-order valence-electron chi connectivity index (χ1n) is 6.73. The van der Waals surface area contributed by atoms with Crippen molar-refractivity contribution in [3.63, 3.8) is 0 Å². The van der Waals surface area contributed by atoms with Crippen LogP contribution in [0.2, 0.25) is 0 Å². The molecular formula is C15H22FNO. The zero-order valence-corrected chi connectivity index (χ0v) is 11.3. The Morgan fingerprint density at radius 1 is 1.22 bits per heavy atom. The molecule has 1 N–H and O–H groups in total. The van der Waals surface area contributed by atoms with Gasteiger partial charge in [0.2, 0.25) is 0 Å². The summed E-state index contributed by atoms with van der Waals surface area (Å²) in [6, 6.07) is 3.93. The molecule has 0 bridgehead atoms. The number of rotatable bonds is 7. The standard InChI is InChI=1S/C15H22FNO/c1-11-9-13(16)10-12(2)15(11)5-7-18-8-6-17-14-3-4-14/h9-10,14,17H,3-8H2,1-2H3. The van der Waals surface area contributed by atoms with Crippen LogP contribution in [0.25, 0.3) is 0 Å². The Hall–Kier alpha value is -0.930. The van der Waals surface area contributed by atoms with Gasteiger partial charge in [-0.05, 0) is 61.9 Å². The van der Waals surface area contributed by atoms with E-state index in [-0.39, 0.29) is 5.82 Å². The molecule has 3 heteroatoms. The lowest BCUT2D eigenvalue weighted by atomic mass is 10.0. The molecule has 0 spiro atoms. The first-order chi connectivity index (χ1) is 8.66. The fourth-order valence-corrected chi connectivity index (χ4v) is 2.23. The molecule has 0 saturated heterocycles. The van der Waals surface area contributed by atoms with Crippen LogP contribution < -0.4 is 5.32 Å². The first-order valence-corrected chi connectivity index (χ1v) is 6.73. The summed E-state index contributed by atoms with van der Waals surface area (Å²) >= 11 is 0. The third-order valence-corrected chi connectivity index (χ3v) is 3.41. The molecule has 1 saturated carbocycles. The van der Waals surface area contributed by atoms with E-state index in [4.69, 9.17) is 4.74 Å². The van der Waals surface area contributed by atoms with Gasteiger partial charge >= 0.3 is 0 Å². The summed E-state index contributed by atoms with van der Waals surface area (Å²) in [5.41, 5.74) is 3.26. The SMILES string of the molecule is Cc1cc(F)cc(C)c1CCOCCNC1CC1. The quantitative estimate of drug-likeness (QED) is 0.752. The fraction of sp³-hybridized carbons (Fsp3) is 0.600. The van der Waals surface area contributed by atoms with Crippen molar-refractivity contribution < 1.29 is 9.13 Å². The lowest BCUT2D eigenvalue weighted by molar-refractivity contribution is 0.138. The number of aryl methyl sites for hydroxylation is 2. The molecule has 1 aromatic carbocycles. The molecule has 1 fully saturated rings. The molecule has 1 aliphatic rings. The minimum absolute atomic E-state index is 0.150. The van der Waals surface area contributed by atoms with Crippen molar-refractivity contribution in [1.82, 2.24) is 5.32 Å². The van der Waals surface area contributed by atoms with Gasteiger partial charge in [-0.25, -0.2) is 4.39 Å². The Morgan fingerprint density at radius 3 is 2.50 bits per heavy atom. The van der Waals surface area contributed by atoms with Crippen LogP contribution in [0.1, 0.15) is 29.5 Å². The van der Waals surface area contributed by atoms with Crippen LogP contribution in [-0.4, -0.2) is 25.8 Å². The monoisotopic (exact) mass is 251 g/mol. The number of nitrogens with one attached hydrogen (secondary N) is 1. The predicted octanol–water partition coefficient (Wildman–Crippen LogP) is 2.75. The Morgan fingerprint density at radius 2 is 1.89 bits per heavy atom. The summed E-state index contributed by atoms with van der Waals surface area (Å²) in [6.45, 7) is 6.32. The van der Waals surface area contributed by atoms with Crippen LogP contribution in [0.3, 0.4) is 0 Å². The third-order valence-electron chi connectivity index (χ3n) is 3.41. The van der Waals surface area contributed by atoms with Crippen molar-refractivity contribution in [1.29, 1.82) is 0 Å². The fourth-order valence-electron chi connectivity index (χ4n) is 2.23. The molecule has 2 rings (SSSR count). The summed E-state index contributed by atoms with van der Waals surface area (Å²) < 4.78 is 18.7. The highest BCUT2D eigenvalue weighted by Crippen LogP contribution is 2.18. The van der Waals surface area contributed by atoms with Crippen LogP contribution in [0.5, 0.6) is 0 Å². The lowest BCUT2D eigenvalue weighted by Crippen LogP contribution is -2.22. The Balaban J connectivity index is 1.68. The highest BCUT2D eigenvalue weighted by molar-refractivity contribution is 5.34. The minimum Gasteiger partial charge on any atom is -0.380 e. The van der Waals surface area contributed by atoms with Gasteiger partial charge in [-0.3, -0.25) is 0 Å². The Bertz CT molecular complexity index is 378. The molecule has 18 heavy (non-hydrogen) atoms. The number of benzene rings is 1. The van der Waals surface area contributed by atoms with E-state index in [1.807, 2.05) is 13.8 Å². The van der Waals surface area contributed by atoms with Crippen LogP contribution in [0.15, 0.2) is 12.1 Å². The maximum atomic E-state index is 13.1. The molecular weight excluding hydrogens is 229 g/mol. The van der Waals surface area contributed by atoms with E-state index < -0.39 is 0 Å². The van der Waals surface area contributed by atoms with Crippen LogP contribution in [-0.2, 0) is 11.2 Å². The number of hydrogen-bond donors (Lipinski definition) is 1. The highest BCUT2D eigenvalue weighted by Gasteiger charge is 2.19. The second kappa shape index (κ2) is 6.30. The van der Waals surface area contributed by atoms with E-state index in [9.17, 15) is 4.39 Å². The molecule has 0 heterocycles. The molecule has 0 aliphatic heterocycles. The number of ether oxygens (including phenoxy) is 1. The maximum absolute atomic E-state index is 13.1. The van der Waals surface area contributed by atoms with E-state index in [1.165, 1.54) is 18.4 Å². The van der Waals surface area contributed by atoms with Gasteiger partial charge in [0, 0.05) is 12.6 Å². The van der Waals surface area contributed by atoms with Crippen molar-refractivity contribution >= 4 is 0 Å². The maximum Gasteiger partial charge on any atom is 0.123 e. The molecule has 1 aliphatic carbocycles. The van der Waals surface area contributed by atoms with Crippen molar-refractivity contribution in [3.05, 3.63) is 34.6 Å². The van der Waals surface area contributed by atoms with Crippen molar-refractivity contribution in [3.8, 4) is 0 Å². The molecule has 2 nitrogen and oxygen atoms in total. The zero-order valence-electron chi connectivity index (χ0n) is 11.3. The topological polar surface area (TPSA) is 21.3 Å². The highest BCUT2D eigenvalue weighted by atomic mass is 19.1. The largest absolute Gasteiger partial charge is 0.380 e. The van der Waals surface area contributed by atoms with Gasteiger partial charge in [-0.1, -0.05) is 0 Å². The molecule has 0 amide bonds. The minimum atomic E-state index is -0.150. The van der Waals surface area contributed by atoms with Crippen molar-refractivity contribution in [2.75, 3.05) is 19.8 Å². The molecule has 0 atom stereocenters. The summed E-state index contributed by atoms with van der Waals surface area (Å²) in [6.07, 6.45) is 3.49. The van der Waals surface area contributed by atoms with Gasteiger partial charge in [-0.2, -0.15) is 0 Å². The van der Waals surface area contributed by atoms with Crippen molar-refractivity contribution in [2.45, 2.75) is 39.2 Å². The Labute approximate surface area is 109 Å². The summed E-state index contributed by atoms with van der Waals surface area (Å²) in [7, 11) is 0. The summed E-state index contributed by atoms with van der Waals surface area (Å²) in [4.78, 5) is 0. The number of hydrogen-bond acceptors (Lipinski definition) is 2. The van der Waals surface area contributed by atoms with Gasteiger partial charge in [-0.15, -0.1) is 0 Å². The van der Waals surface area contributed by atoms with Gasteiger partial charge < -0.3 is 10.1 Å². The average molecular weight is 251 g/mol. The predicted molar refractivity (Wildman–Crippen MR) is 71.4 cm³/mol. The molecule has 0 aromatic heterocycles. The van der Waals surface area contributed by atoms with E-state index in [1.54, 1.807) is 12.1 Å². The average Bonchev–Trinajstić information content (AvgIpc) is 3.09. The summed E-state index contributed by atoms with van der Waals surface area (Å²) in [5.74, 6) is -0.150. The van der Waals surface area contributed by atoms with E-state index in [2.05, 4.69) is 5.32 Å². The zero-order chi connectivity index (χ0) is 13.0. The van der Waals surface area contributed by atoms with Crippen molar-refractivity contribution in [2.24, 2.45) is 0 Å². The van der Waals surface area contributed by atoms with Gasteiger partial charge in [0.1, 0.15) is 5.82 Å². The van der Waals surface area contributed by atoms with Gasteiger partial charge in [0.05, 0.1) is 13.2 Å². The Kier molecular flexibility index (Phi) is 4.72. The smallest absolute Gasteiger partial charge is 0.123 e. The third kappa shape index (κ3) is 4.07. The van der Waals surface area contributed by atoms with Gasteiger partial charge in [0.15, 0.2) is 0 Å². The second-order valence-electron chi connectivity index (χ2n) is 5.11. The van der Waals surface area contributed by atoms with Crippen LogP contribution >= 0.6 is 0 Å². The van der Waals surface area contributed by atoms with Crippen LogP contribution in [0.4, 0.5) is 4.39 Å². The second-order valence-corrected chi connectivity index (χ2v) is 5.11. The normalized spacial score (nSPS) is 15.1. The molecule has 0 unspecified atom stereocenters. The van der Waals surface area contributed by atoms with E-state index >= 15 is 0 Å². The van der Waals surface area contributed by atoms with E-state index in [0.717, 1.165) is 36.7 Å². The molecule has 100 valence electrons. The first kappa shape index (κ1) is 13.5. The number of halogens is 1. The van der Waals surface area contributed by atoms with Gasteiger partial charge in [0.25, 0.3) is 0 Å². The molecule has 0 radical (unpaired) electrons. The van der Waals surface area contributed by atoms with Crippen LogP contribution in [0, 0.1) is 19.7 Å². The van der Waals surface area contributed by atoms with E-state index in [0.29, 0.717) is 6.61 Å². The summed E-state index contributed by atoms with van der Waals surface area (Å²) in [5, 5.41) is 3.41. The lowest BCUT2D eigenvalue weighted by Gasteiger charge is -2.11.